The Morgan fingerprint density at radius 1 is 1.15 bits per heavy atom. The van der Waals surface area contributed by atoms with E-state index in [1.54, 1.807) is 18.2 Å². The smallest absolute Gasteiger partial charge is 0.323 e. The summed E-state index contributed by atoms with van der Waals surface area (Å²) in [5.74, 6) is -0.886. The number of nitrogens with one attached hydrogen (secondary N) is 2. The zero-order chi connectivity index (χ0) is 28.2. The molecule has 1 aliphatic heterocycles. The van der Waals surface area contributed by atoms with Crippen molar-refractivity contribution in [3.63, 3.8) is 0 Å². The van der Waals surface area contributed by atoms with Crippen molar-refractivity contribution in [1.29, 1.82) is 0 Å². The van der Waals surface area contributed by atoms with Crippen LogP contribution < -0.4 is 15.4 Å². The van der Waals surface area contributed by atoms with E-state index in [-0.39, 0.29) is 29.4 Å². The van der Waals surface area contributed by atoms with Crippen molar-refractivity contribution in [2.24, 2.45) is 5.92 Å². The molecule has 12 heteroatoms. The van der Waals surface area contributed by atoms with Crippen LogP contribution >= 0.6 is 0 Å². The molecule has 1 unspecified atom stereocenters. The maximum absolute atomic E-state index is 13.3. The molecule has 0 aliphatic carbocycles. The van der Waals surface area contributed by atoms with Crippen molar-refractivity contribution >= 4 is 32.7 Å². The van der Waals surface area contributed by atoms with E-state index in [2.05, 4.69) is 15.6 Å². The standard InChI is InChI=1S/C27H33N5O6S/c1-18(2)16-23(30-26(34)22-13-12-19-8-3-4-9-20(19)28-22)27(35)29-21-10-7-14-31(17-24(21)33)39(37,38)25-11-5-6-15-32(25)36/h3-6,8-9,11-13,15,18,21,23-24,33H,7,10,14,16-17H2,1-2H3,(H,29,35)(H,30,34)/t21-,23+,24?/m1/s1. The van der Waals surface area contributed by atoms with E-state index in [1.165, 1.54) is 18.2 Å². The van der Waals surface area contributed by atoms with Gasteiger partial charge in [-0.2, -0.15) is 9.04 Å². The largest absolute Gasteiger partial charge is 0.618 e. The van der Waals surface area contributed by atoms with Gasteiger partial charge in [-0.15, -0.1) is 0 Å². The molecule has 0 bridgehead atoms. The summed E-state index contributed by atoms with van der Waals surface area (Å²) < 4.78 is 27.4. The maximum Gasteiger partial charge on any atom is 0.323 e. The quantitative estimate of drug-likeness (QED) is 0.280. The summed E-state index contributed by atoms with van der Waals surface area (Å²) in [4.78, 5) is 30.7. The number of sulfonamides is 1. The third-order valence-corrected chi connectivity index (χ3v) is 8.51. The lowest BCUT2D eigenvalue weighted by molar-refractivity contribution is -0.646. The average Bonchev–Trinajstić information content (AvgIpc) is 3.09. The van der Waals surface area contributed by atoms with E-state index < -0.39 is 45.1 Å². The highest BCUT2D eigenvalue weighted by molar-refractivity contribution is 7.88. The third-order valence-electron chi connectivity index (χ3n) is 6.66. The topological polar surface area (TPSA) is 156 Å². The monoisotopic (exact) mass is 555 g/mol. The zero-order valence-electron chi connectivity index (χ0n) is 21.9. The summed E-state index contributed by atoms with van der Waals surface area (Å²) in [7, 11) is -4.15. The minimum absolute atomic E-state index is 0.0787. The van der Waals surface area contributed by atoms with Crippen molar-refractivity contribution in [3.05, 3.63) is 71.7 Å². The van der Waals surface area contributed by atoms with E-state index in [4.69, 9.17) is 0 Å². The number of pyridine rings is 2. The Balaban J connectivity index is 1.45. The molecule has 3 aromatic rings. The number of para-hydroxylation sites is 1. The van der Waals surface area contributed by atoms with Gasteiger partial charge in [0.15, 0.2) is 6.20 Å². The fourth-order valence-electron chi connectivity index (χ4n) is 4.65. The molecule has 3 atom stereocenters. The van der Waals surface area contributed by atoms with Crippen LogP contribution in [-0.2, 0) is 14.8 Å². The number of hydrogen-bond donors (Lipinski definition) is 3. The molecule has 39 heavy (non-hydrogen) atoms. The fraction of sp³-hybridized carbons (Fsp3) is 0.407. The second kappa shape index (κ2) is 12.1. The van der Waals surface area contributed by atoms with E-state index in [1.807, 2.05) is 32.0 Å². The number of rotatable bonds is 8. The molecule has 3 N–H and O–H groups in total. The van der Waals surface area contributed by atoms with Crippen LogP contribution in [0.3, 0.4) is 0 Å². The van der Waals surface area contributed by atoms with E-state index in [0.29, 0.717) is 24.8 Å². The second-order valence-corrected chi connectivity index (χ2v) is 12.0. The van der Waals surface area contributed by atoms with Crippen LogP contribution in [0.15, 0.2) is 65.8 Å². The lowest BCUT2D eigenvalue weighted by Crippen LogP contribution is -2.54. The molecule has 2 aromatic heterocycles. The minimum atomic E-state index is -4.15. The van der Waals surface area contributed by atoms with Crippen LogP contribution in [-0.4, -0.2) is 65.9 Å². The molecular weight excluding hydrogens is 522 g/mol. The normalized spacial score (nSPS) is 19.4. The summed E-state index contributed by atoms with van der Waals surface area (Å²) in [6.45, 7) is 3.65. The number of carbonyl (C=O) groups excluding carboxylic acids is 2. The second-order valence-electron chi connectivity index (χ2n) is 10.1. The highest BCUT2D eigenvalue weighted by Crippen LogP contribution is 2.20. The molecule has 2 amide bonds. The summed E-state index contributed by atoms with van der Waals surface area (Å²) in [6.07, 6.45) is 0.911. The van der Waals surface area contributed by atoms with Crippen molar-refractivity contribution in [2.75, 3.05) is 13.1 Å². The number of aliphatic hydroxyl groups is 1. The Labute approximate surface area is 227 Å². The van der Waals surface area contributed by atoms with Crippen molar-refractivity contribution in [1.82, 2.24) is 19.9 Å². The fourth-order valence-corrected chi connectivity index (χ4v) is 6.17. The van der Waals surface area contributed by atoms with Gasteiger partial charge in [-0.1, -0.05) is 38.1 Å². The predicted molar refractivity (Wildman–Crippen MR) is 144 cm³/mol. The molecule has 0 saturated carbocycles. The molecule has 0 spiro atoms. The van der Waals surface area contributed by atoms with Gasteiger partial charge in [0, 0.05) is 30.6 Å². The molecule has 1 aliphatic rings. The molecule has 1 fully saturated rings. The third kappa shape index (κ3) is 6.70. The molecule has 3 heterocycles. The first-order valence-corrected chi connectivity index (χ1v) is 14.3. The first-order valence-electron chi connectivity index (χ1n) is 12.9. The highest BCUT2D eigenvalue weighted by atomic mass is 32.2. The number of hydrogen-bond acceptors (Lipinski definition) is 7. The van der Waals surface area contributed by atoms with Gasteiger partial charge in [0.1, 0.15) is 11.7 Å². The lowest BCUT2D eigenvalue weighted by Gasteiger charge is -2.27. The van der Waals surface area contributed by atoms with Gasteiger partial charge in [0.25, 0.3) is 5.91 Å². The molecular formula is C27H33N5O6S. The summed E-state index contributed by atoms with van der Waals surface area (Å²) >= 11 is 0. The van der Waals surface area contributed by atoms with Gasteiger partial charge in [0.2, 0.25) is 5.91 Å². The summed E-state index contributed by atoms with van der Waals surface area (Å²) in [5.41, 5.74) is 0.844. The lowest BCUT2D eigenvalue weighted by atomic mass is 10.0. The minimum Gasteiger partial charge on any atom is -0.618 e. The molecule has 0 radical (unpaired) electrons. The van der Waals surface area contributed by atoms with Crippen LogP contribution in [0.1, 0.15) is 43.6 Å². The van der Waals surface area contributed by atoms with Crippen LogP contribution in [0.5, 0.6) is 0 Å². The number of aromatic nitrogens is 2. The zero-order valence-corrected chi connectivity index (χ0v) is 22.7. The van der Waals surface area contributed by atoms with Gasteiger partial charge in [-0.05, 0) is 43.4 Å². The molecule has 208 valence electrons. The highest BCUT2D eigenvalue weighted by Gasteiger charge is 2.37. The van der Waals surface area contributed by atoms with Crippen LogP contribution in [0.25, 0.3) is 10.9 Å². The number of amides is 2. The number of aliphatic hydroxyl groups excluding tert-OH is 1. The molecule has 1 saturated heterocycles. The van der Waals surface area contributed by atoms with Gasteiger partial charge >= 0.3 is 15.0 Å². The van der Waals surface area contributed by atoms with Crippen LogP contribution in [0.2, 0.25) is 0 Å². The van der Waals surface area contributed by atoms with E-state index in [9.17, 15) is 28.3 Å². The number of carbonyl (C=O) groups is 2. The maximum atomic E-state index is 13.3. The summed E-state index contributed by atoms with van der Waals surface area (Å²) in [5, 5.41) is 29.0. The predicted octanol–water partition coefficient (Wildman–Crippen LogP) is 1.34. The first-order chi connectivity index (χ1) is 18.6. The Bertz CT molecular complexity index is 1450. The van der Waals surface area contributed by atoms with E-state index >= 15 is 0 Å². The Kier molecular flexibility index (Phi) is 8.78. The van der Waals surface area contributed by atoms with Gasteiger partial charge in [-0.3, -0.25) is 9.59 Å². The van der Waals surface area contributed by atoms with Crippen molar-refractivity contribution in [3.8, 4) is 0 Å². The van der Waals surface area contributed by atoms with Crippen LogP contribution in [0.4, 0.5) is 0 Å². The Morgan fingerprint density at radius 3 is 2.64 bits per heavy atom. The summed E-state index contributed by atoms with van der Waals surface area (Å²) in [6, 6.07) is 13.3. The first kappa shape index (κ1) is 28.4. The van der Waals surface area contributed by atoms with Crippen molar-refractivity contribution < 1.29 is 27.8 Å². The van der Waals surface area contributed by atoms with Crippen LogP contribution in [0, 0.1) is 11.1 Å². The Morgan fingerprint density at radius 2 is 1.90 bits per heavy atom. The van der Waals surface area contributed by atoms with Gasteiger partial charge < -0.3 is 20.9 Å². The number of benzene rings is 1. The number of fused-ring (bicyclic) bond motifs is 1. The van der Waals surface area contributed by atoms with Gasteiger partial charge in [-0.25, -0.2) is 13.4 Å². The number of nitrogens with zero attached hydrogens (tertiary/aromatic N) is 3. The Hall–Kier alpha value is -3.61. The molecule has 11 nitrogen and oxygen atoms in total. The van der Waals surface area contributed by atoms with E-state index in [0.717, 1.165) is 15.9 Å². The molecule has 4 rings (SSSR count). The number of β-amino-alcohol motifs (C(OH)–C–C–N with tert-alkyl or cyclic N) is 1. The van der Waals surface area contributed by atoms with Crippen molar-refractivity contribution in [2.45, 2.75) is 56.3 Å². The average molecular weight is 556 g/mol. The SMILES string of the molecule is CC(C)C[C@H](NC(=O)c1ccc2ccccc2n1)C(=O)N[C@@H]1CCCN(S(=O)(=O)c2cccc[n+]2[O-])CC1O. The van der Waals surface area contributed by atoms with Gasteiger partial charge in [0.05, 0.1) is 17.7 Å². The molecule has 1 aromatic carbocycles.